The van der Waals surface area contributed by atoms with Gasteiger partial charge in [0.25, 0.3) is 0 Å². The Balaban J connectivity index is 0.000000272. The van der Waals surface area contributed by atoms with Crippen LogP contribution in [-0.2, 0) is 4.79 Å². The van der Waals surface area contributed by atoms with Crippen LogP contribution < -0.4 is 16.0 Å². The Morgan fingerprint density at radius 3 is 2.44 bits per heavy atom. The topological polar surface area (TPSA) is 82.7 Å². The summed E-state index contributed by atoms with van der Waals surface area (Å²) in [7, 11) is 1.50. The Labute approximate surface area is 196 Å². The summed E-state index contributed by atoms with van der Waals surface area (Å²) in [5, 5.41) is 8.18. The monoisotopic (exact) mass is 459 g/mol. The molecule has 3 aliphatic heterocycles. The Bertz CT molecular complexity index is 796. The fraction of sp³-hybridized carbons (Fsp3) is 0.565. The molecule has 0 unspecified atom stereocenters. The molecule has 0 spiro atoms. The number of para-hydroxylation sites is 1. The first-order chi connectivity index (χ1) is 15.7. The number of carbonyl (C=O) groups is 1. The molecule has 2 aromatic rings. The van der Waals surface area contributed by atoms with Crippen LogP contribution in [0.15, 0.2) is 36.4 Å². The maximum Gasteiger partial charge on any atom is 0.210 e. The normalized spacial score (nSPS) is 20.9. The van der Waals surface area contributed by atoms with Crippen LogP contribution in [0.1, 0.15) is 12.1 Å². The van der Waals surface area contributed by atoms with Gasteiger partial charge in [-0.05, 0) is 39.1 Å². The van der Waals surface area contributed by atoms with Crippen LogP contribution in [0.5, 0.6) is 0 Å². The number of nitrogens with zero attached hydrogens (tertiary/aromatic N) is 5. The fourth-order valence-corrected chi connectivity index (χ4v) is 5.17. The summed E-state index contributed by atoms with van der Waals surface area (Å²) in [5.41, 5.74) is 6.71. The summed E-state index contributed by atoms with van der Waals surface area (Å²) >= 11 is 1.80. The van der Waals surface area contributed by atoms with Crippen molar-refractivity contribution < 1.29 is 4.79 Å². The summed E-state index contributed by atoms with van der Waals surface area (Å²) in [6, 6.07) is 13.4. The number of benzene rings is 1. The number of aryl methyl sites for hydroxylation is 1. The zero-order chi connectivity index (χ0) is 22.8. The van der Waals surface area contributed by atoms with Crippen LogP contribution in [0, 0.1) is 6.92 Å². The quantitative estimate of drug-likeness (QED) is 0.669. The summed E-state index contributed by atoms with van der Waals surface area (Å²) < 4.78 is 2.09. The molecule has 0 bridgehead atoms. The van der Waals surface area contributed by atoms with Crippen LogP contribution in [0.25, 0.3) is 5.69 Å². The first-order valence-electron chi connectivity index (χ1n) is 11.4. The van der Waals surface area contributed by atoms with E-state index in [9.17, 15) is 4.79 Å². The first kappa shape index (κ1) is 24.6. The standard InChI is InChI=1S/C18H25N5.C4H7NOS.CH5N/c1-15-13-18(23(20-15)16-5-3-2-4-6-16)22-11-9-21(10-12-22)17-7-8-19-14-17;6-3-5-1-2-7-4-5;1-2/h2-6,13,17,19H,7-12,14H2,1H3;3H,1-2,4H2;2H2,1H3/t17-;;/m0../s1. The summed E-state index contributed by atoms with van der Waals surface area (Å²) in [6.07, 6.45) is 2.20. The largest absolute Gasteiger partial charge is 0.354 e. The van der Waals surface area contributed by atoms with Crippen molar-refractivity contribution in [2.75, 3.05) is 69.4 Å². The number of amides is 1. The molecule has 9 heteroatoms. The van der Waals surface area contributed by atoms with E-state index in [1.54, 1.807) is 16.7 Å². The van der Waals surface area contributed by atoms with Crippen molar-refractivity contribution in [1.82, 2.24) is 24.9 Å². The number of anilines is 1. The molecule has 1 aromatic carbocycles. The number of thioether (sulfide) groups is 1. The number of hydrogen-bond acceptors (Lipinski definition) is 7. The van der Waals surface area contributed by atoms with Gasteiger partial charge in [-0.3, -0.25) is 9.69 Å². The fourth-order valence-electron chi connectivity index (χ4n) is 4.25. The van der Waals surface area contributed by atoms with E-state index in [4.69, 9.17) is 5.10 Å². The number of aromatic nitrogens is 2. The van der Waals surface area contributed by atoms with Crippen molar-refractivity contribution in [3.63, 3.8) is 0 Å². The molecule has 32 heavy (non-hydrogen) atoms. The highest BCUT2D eigenvalue weighted by atomic mass is 32.2. The molecule has 3 fully saturated rings. The maximum absolute atomic E-state index is 9.92. The number of nitrogens with two attached hydrogens (primary N) is 1. The second kappa shape index (κ2) is 12.8. The number of nitrogens with one attached hydrogen (secondary N) is 1. The molecule has 1 amide bonds. The van der Waals surface area contributed by atoms with Gasteiger partial charge in [-0.1, -0.05) is 18.2 Å². The van der Waals surface area contributed by atoms with Gasteiger partial charge >= 0.3 is 0 Å². The number of rotatable bonds is 4. The van der Waals surface area contributed by atoms with E-state index in [0.717, 1.165) is 74.7 Å². The molecule has 0 saturated carbocycles. The zero-order valence-corrected chi connectivity index (χ0v) is 20.1. The van der Waals surface area contributed by atoms with Gasteiger partial charge in [0, 0.05) is 57.1 Å². The molecule has 0 radical (unpaired) electrons. The maximum atomic E-state index is 9.92. The third-order valence-corrected chi connectivity index (χ3v) is 6.92. The molecule has 1 aromatic heterocycles. The minimum absolute atomic E-state index is 0.734. The molecule has 5 rings (SSSR count). The Kier molecular flexibility index (Phi) is 9.86. The van der Waals surface area contributed by atoms with Crippen molar-refractivity contribution in [2.45, 2.75) is 19.4 Å². The molecule has 0 aliphatic carbocycles. The van der Waals surface area contributed by atoms with E-state index in [0.29, 0.717) is 0 Å². The minimum atomic E-state index is 0.734. The van der Waals surface area contributed by atoms with Crippen molar-refractivity contribution in [2.24, 2.45) is 5.73 Å². The summed E-state index contributed by atoms with van der Waals surface area (Å²) in [4.78, 5) is 16.8. The second-order valence-electron chi connectivity index (χ2n) is 8.02. The van der Waals surface area contributed by atoms with Crippen LogP contribution in [0.3, 0.4) is 0 Å². The van der Waals surface area contributed by atoms with Crippen LogP contribution in [0.2, 0.25) is 0 Å². The van der Waals surface area contributed by atoms with Crippen molar-refractivity contribution in [1.29, 1.82) is 0 Å². The highest BCUT2D eigenvalue weighted by molar-refractivity contribution is 7.99. The predicted octanol–water partition coefficient (Wildman–Crippen LogP) is 1.39. The second-order valence-corrected chi connectivity index (χ2v) is 9.09. The van der Waals surface area contributed by atoms with Gasteiger partial charge in [0.2, 0.25) is 6.41 Å². The highest BCUT2D eigenvalue weighted by Crippen LogP contribution is 2.23. The molecule has 176 valence electrons. The number of hydrogen-bond donors (Lipinski definition) is 2. The third kappa shape index (κ3) is 6.48. The van der Waals surface area contributed by atoms with E-state index in [1.165, 1.54) is 25.8 Å². The van der Waals surface area contributed by atoms with E-state index >= 15 is 0 Å². The predicted molar refractivity (Wildman–Crippen MR) is 134 cm³/mol. The Hall–Kier alpha value is -2.07. The average molecular weight is 460 g/mol. The lowest BCUT2D eigenvalue weighted by atomic mass is 10.2. The molecule has 4 heterocycles. The van der Waals surface area contributed by atoms with Crippen molar-refractivity contribution in [3.8, 4) is 5.69 Å². The summed E-state index contributed by atoms with van der Waals surface area (Å²) in [6.45, 7) is 9.78. The lowest BCUT2D eigenvalue weighted by Gasteiger charge is -2.38. The van der Waals surface area contributed by atoms with Gasteiger partial charge in [-0.15, -0.1) is 11.8 Å². The van der Waals surface area contributed by atoms with Gasteiger partial charge in [-0.25, -0.2) is 4.68 Å². The van der Waals surface area contributed by atoms with Gasteiger partial charge in [0.15, 0.2) is 0 Å². The molecule has 1 atom stereocenters. The SMILES string of the molecule is CN.Cc1cc(N2CCN([C@H]3CCNC3)CC2)n(-c2ccccc2)n1.O=CN1CCSC1. The minimum Gasteiger partial charge on any atom is -0.354 e. The lowest BCUT2D eigenvalue weighted by molar-refractivity contribution is -0.116. The molecule has 8 nitrogen and oxygen atoms in total. The van der Waals surface area contributed by atoms with Gasteiger partial charge < -0.3 is 20.9 Å². The van der Waals surface area contributed by atoms with E-state index in [2.05, 4.69) is 62.8 Å². The molecule has 3 aliphatic rings. The Morgan fingerprint density at radius 2 is 1.88 bits per heavy atom. The average Bonchev–Trinajstić information content (AvgIpc) is 3.63. The van der Waals surface area contributed by atoms with Gasteiger partial charge in [0.05, 0.1) is 17.3 Å². The summed E-state index contributed by atoms with van der Waals surface area (Å²) in [5.74, 6) is 3.22. The first-order valence-corrected chi connectivity index (χ1v) is 12.6. The van der Waals surface area contributed by atoms with E-state index < -0.39 is 0 Å². The van der Waals surface area contributed by atoms with Crippen LogP contribution >= 0.6 is 11.8 Å². The smallest absolute Gasteiger partial charge is 0.210 e. The molecular formula is C23H37N7OS. The highest BCUT2D eigenvalue weighted by Gasteiger charge is 2.27. The molecule has 3 N–H and O–H groups in total. The zero-order valence-electron chi connectivity index (χ0n) is 19.3. The van der Waals surface area contributed by atoms with Gasteiger partial charge in [-0.2, -0.15) is 5.10 Å². The van der Waals surface area contributed by atoms with Crippen LogP contribution in [0.4, 0.5) is 5.82 Å². The van der Waals surface area contributed by atoms with Crippen molar-refractivity contribution >= 4 is 24.0 Å². The lowest BCUT2D eigenvalue weighted by Crippen LogP contribution is -2.51. The number of carbonyl (C=O) groups excluding carboxylic acids is 1. The number of piperazine rings is 1. The van der Waals surface area contributed by atoms with Crippen molar-refractivity contribution in [3.05, 3.63) is 42.1 Å². The van der Waals surface area contributed by atoms with Crippen LogP contribution in [-0.4, -0.2) is 96.5 Å². The van der Waals surface area contributed by atoms with E-state index in [-0.39, 0.29) is 0 Å². The van der Waals surface area contributed by atoms with E-state index in [1.807, 2.05) is 6.07 Å². The Morgan fingerprint density at radius 1 is 1.12 bits per heavy atom. The molecular weight excluding hydrogens is 422 g/mol. The van der Waals surface area contributed by atoms with Gasteiger partial charge in [0.1, 0.15) is 5.82 Å². The third-order valence-electron chi connectivity index (χ3n) is 5.93. The molecule has 3 saturated heterocycles.